The number of allylic oxidation sites excluding steroid dienone is 10. The molecule has 0 aliphatic rings. The standard InChI is InChI=1S/C50H92NO7P/c1-6-8-10-12-14-16-18-19-20-21-22-23-24-25-26-27-28-29-30-31-32-34-36-38-40-42-45-55-47-49(48-57-59(53,54)56-46-44-51(3,4)5)58-50(52)43-41-39-37-35-33-17-15-13-11-9-7-2/h8,10,14,16,19-20,22-23,25-26,49H,6-7,9,11-13,15,17-18,21,24,27-48H2,1-5H3/p+1/b10-8-,16-14-,20-19-,23-22-,26-25-. The number of phosphoric acid groups is 1. The first-order valence-electron chi connectivity index (χ1n) is 24.0. The molecule has 0 heterocycles. The minimum absolute atomic E-state index is 0.0868. The molecule has 0 spiro atoms. The average molecular weight is 851 g/mol. The van der Waals surface area contributed by atoms with Gasteiger partial charge in [0.1, 0.15) is 19.3 Å². The molecule has 8 nitrogen and oxygen atoms in total. The molecule has 0 saturated heterocycles. The fourth-order valence-electron chi connectivity index (χ4n) is 6.40. The molecule has 2 unspecified atom stereocenters. The lowest BCUT2D eigenvalue weighted by atomic mass is 10.1. The normalized spacial score (nSPS) is 14.2. The van der Waals surface area contributed by atoms with Crippen LogP contribution in [0.2, 0.25) is 0 Å². The zero-order valence-electron chi connectivity index (χ0n) is 39.0. The molecule has 0 aliphatic carbocycles. The Hall–Kier alpha value is -1.80. The lowest BCUT2D eigenvalue weighted by Crippen LogP contribution is -2.37. The van der Waals surface area contributed by atoms with Crippen molar-refractivity contribution >= 4 is 13.8 Å². The number of nitrogens with zero attached hydrogens (tertiary/aromatic N) is 1. The van der Waals surface area contributed by atoms with Gasteiger partial charge in [-0.15, -0.1) is 0 Å². The maximum absolute atomic E-state index is 12.7. The zero-order valence-corrected chi connectivity index (χ0v) is 39.9. The summed E-state index contributed by atoms with van der Waals surface area (Å²) in [5.41, 5.74) is 0. The number of carbonyl (C=O) groups excluding carboxylic acids is 1. The van der Waals surface area contributed by atoms with E-state index < -0.39 is 13.9 Å². The molecule has 0 bridgehead atoms. The summed E-state index contributed by atoms with van der Waals surface area (Å²) < 4.78 is 35.0. The highest BCUT2D eigenvalue weighted by Gasteiger charge is 2.26. The Morgan fingerprint density at radius 3 is 1.47 bits per heavy atom. The van der Waals surface area contributed by atoms with Crippen LogP contribution in [-0.4, -0.2) is 75.6 Å². The summed E-state index contributed by atoms with van der Waals surface area (Å²) in [6.07, 6.45) is 54.1. The van der Waals surface area contributed by atoms with E-state index in [9.17, 15) is 14.3 Å². The van der Waals surface area contributed by atoms with Crippen molar-refractivity contribution < 1.29 is 37.3 Å². The molecule has 0 aromatic carbocycles. The third kappa shape index (κ3) is 47.1. The number of hydrogen-bond donors (Lipinski definition) is 1. The number of rotatable bonds is 44. The number of ether oxygens (including phenoxy) is 2. The first-order chi connectivity index (χ1) is 28.6. The number of carbonyl (C=O) groups is 1. The monoisotopic (exact) mass is 851 g/mol. The van der Waals surface area contributed by atoms with Crippen LogP contribution in [0.25, 0.3) is 0 Å². The summed E-state index contributed by atoms with van der Waals surface area (Å²) in [7, 11) is 1.66. The highest BCUT2D eigenvalue weighted by molar-refractivity contribution is 7.47. The van der Waals surface area contributed by atoms with Gasteiger partial charge < -0.3 is 18.9 Å². The van der Waals surface area contributed by atoms with Crippen molar-refractivity contribution in [3.63, 3.8) is 0 Å². The molecule has 0 radical (unpaired) electrons. The van der Waals surface area contributed by atoms with E-state index in [2.05, 4.69) is 74.6 Å². The van der Waals surface area contributed by atoms with E-state index in [1.807, 2.05) is 21.1 Å². The number of hydrogen-bond acceptors (Lipinski definition) is 6. The van der Waals surface area contributed by atoms with Crippen LogP contribution in [-0.2, 0) is 27.9 Å². The molecule has 0 amide bonds. The van der Waals surface area contributed by atoms with Crippen LogP contribution in [0.5, 0.6) is 0 Å². The van der Waals surface area contributed by atoms with Crippen LogP contribution in [0, 0.1) is 0 Å². The molecule has 9 heteroatoms. The molecular formula is C50H93NO7P+. The summed E-state index contributed by atoms with van der Waals surface area (Å²) in [5, 5.41) is 0. The molecule has 0 aliphatic heterocycles. The van der Waals surface area contributed by atoms with Gasteiger partial charge in [0.25, 0.3) is 0 Å². The van der Waals surface area contributed by atoms with Crippen molar-refractivity contribution in [1.29, 1.82) is 0 Å². The van der Waals surface area contributed by atoms with Gasteiger partial charge in [-0.1, -0.05) is 190 Å². The number of quaternary nitrogens is 1. The minimum Gasteiger partial charge on any atom is -0.457 e. The van der Waals surface area contributed by atoms with E-state index in [0.29, 0.717) is 24.1 Å². The zero-order chi connectivity index (χ0) is 43.4. The average Bonchev–Trinajstić information content (AvgIpc) is 3.19. The van der Waals surface area contributed by atoms with E-state index >= 15 is 0 Å². The Bertz CT molecular complexity index is 1130. The predicted octanol–water partition coefficient (Wildman–Crippen LogP) is 14.5. The number of phosphoric ester groups is 1. The van der Waals surface area contributed by atoms with Gasteiger partial charge in [-0.2, -0.15) is 0 Å². The van der Waals surface area contributed by atoms with Crippen molar-refractivity contribution in [3.05, 3.63) is 60.8 Å². The number of esters is 1. The molecule has 0 aromatic rings. The van der Waals surface area contributed by atoms with E-state index in [0.717, 1.165) is 64.2 Å². The second kappa shape index (κ2) is 42.9. The molecule has 0 aromatic heterocycles. The van der Waals surface area contributed by atoms with Crippen LogP contribution in [0.4, 0.5) is 0 Å². The second-order valence-corrected chi connectivity index (χ2v) is 18.6. The number of likely N-dealkylation sites (N-methyl/N-ethyl adjacent to an activating group) is 1. The first-order valence-corrected chi connectivity index (χ1v) is 25.5. The van der Waals surface area contributed by atoms with Crippen LogP contribution >= 0.6 is 7.82 Å². The van der Waals surface area contributed by atoms with Crippen LogP contribution in [0.15, 0.2) is 60.8 Å². The maximum Gasteiger partial charge on any atom is 0.472 e. The van der Waals surface area contributed by atoms with Crippen molar-refractivity contribution in [2.75, 3.05) is 54.1 Å². The molecule has 2 atom stereocenters. The minimum atomic E-state index is -4.28. The Morgan fingerprint density at radius 1 is 0.542 bits per heavy atom. The summed E-state index contributed by atoms with van der Waals surface area (Å²) in [6, 6.07) is 0. The largest absolute Gasteiger partial charge is 0.472 e. The van der Waals surface area contributed by atoms with Gasteiger partial charge in [0.15, 0.2) is 0 Å². The number of unbranched alkanes of at least 4 members (excludes halogenated alkanes) is 20. The summed E-state index contributed by atoms with van der Waals surface area (Å²) in [4.78, 5) is 22.9. The van der Waals surface area contributed by atoms with Gasteiger partial charge >= 0.3 is 13.8 Å². The Kier molecular flexibility index (Phi) is 41.6. The predicted molar refractivity (Wildman–Crippen MR) is 252 cm³/mol. The van der Waals surface area contributed by atoms with Gasteiger partial charge in [0.05, 0.1) is 34.4 Å². The van der Waals surface area contributed by atoms with E-state index in [1.54, 1.807) is 0 Å². The molecule has 0 fully saturated rings. The van der Waals surface area contributed by atoms with Gasteiger partial charge in [-0.25, -0.2) is 4.57 Å². The highest BCUT2D eigenvalue weighted by atomic mass is 31.2. The Balaban J connectivity index is 4.08. The SMILES string of the molecule is CC/C=C\C/C=C\C/C=C\C/C=C\C/C=C\CCCCCCCCCCCCOCC(COP(=O)(O)OCC[N+](C)(C)C)OC(=O)CCCCCCCCCCCCC. The maximum atomic E-state index is 12.7. The third-order valence-electron chi connectivity index (χ3n) is 10.1. The lowest BCUT2D eigenvalue weighted by Gasteiger charge is -2.24. The molecular weight excluding hydrogens is 758 g/mol. The van der Waals surface area contributed by atoms with E-state index in [-0.39, 0.29) is 25.8 Å². The highest BCUT2D eigenvalue weighted by Crippen LogP contribution is 2.43. The lowest BCUT2D eigenvalue weighted by molar-refractivity contribution is -0.870. The van der Waals surface area contributed by atoms with Crippen LogP contribution in [0.1, 0.15) is 194 Å². The fourth-order valence-corrected chi connectivity index (χ4v) is 7.14. The van der Waals surface area contributed by atoms with Crippen LogP contribution in [0.3, 0.4) is 0 Å². The summed E-state index contributed by atoms with van der Waals surface area (Å²) in [6.45, 7) is 5.50. The van der Waals surface area contributed by atoms with Gasteiger partial charge in [-0.05, 0) is 57.8 Å². The molecule has 0 saturated carbocycles. The van der Waals surface area contributed by atoms with Gasteiger partial charge in [0, 0.05) is 13.0 Å². The van der Waals surface area contributed by atoms with Crippen molar-refractivity contribution in [2.24, 2.45) is 0 Å². The smallest absolute Gasteiger partial charge is 0.457 e. The third-order valence-corrected chi connectivity index (χ3v) is 11.1. The Morgan fingerprint density at radius 2 is 0.983 bits per heavy atom. The van der Waals surface area contributed by atoms with Crippen molar-refractivity contribution in [2.45, 2.75) is 200 Å². The fraction of sp³-hybridized carbons (Fsp3) is 0.780. The molecule has 59 heavy (non-hydrogen) atoms. The topological polar surface area (TPSA) is 91.3 Å². The van der Waals surface area contributed by atoms with E-state index in [4.69, 9.17) is 18.5 Å². The molecule has 1 N–H and O–H groups in total. The van der Waals surface area contributed by atoms with Gasteiger partial charge in [0.2, 0.25) is 0 Å². The van der Waals surface area contributed by atoms with Crippen LogP contribution < -0.4 is 0 Å². The Labute approximate surface area is 364 Å². The van der Waals surface area contributed by atoms with Gasteiger partial charge in [-0.3, -0.25) is 13.8 Å². The van der Waals surface area contributed by atoms with E-state index in [1.165, 1.54) is 109 Å². The first kappa shape index (κ1) is 57.2. The molecule has 0 rings (SSSR count). The second-order valence-electron chi connectivity index (χ2n) is 17.1. The summed E-state index contributed by atoms with van der Waals surface area (Å²) in [5.74, 6) is -0.317. The quantitative estimate of drug-likeness (QED) is 0.0215. The van der Waals surface area contributed by atoms with Crippen molar-refractivity contribution in [3.8, 4) is 0 Å². The van der Waals surface area contributed by atoms with Crippen molar-refractivity contribution in [1.82, 2.24) is 0 Å². The summed E-state index contributed by atoms with van der Waals surface area (Å²) >= 11 is 0. The molecule has 344 valence electrons.